The average molecular weight is 699 g/mol. The van der Waals surface area contributed by atoms with E-state index in [1.54, 1.807) is 0 Å². The van der Waals surface area contributed by atoms with Gasteiger partial charge in [-0.2, -0.15) is 0 Å². The van der Waals surface area contributed by atoms with Gasteiger partial charge >= 0.3 is 52.4 Å². The minimum Gasteiger partial charge on any atom is -0.550 e. The third-order valence-electron chi connectivity index (χ3n) is 3.48. The Labute approximate surface area is 261 Å². The topological polar surface area (TPSA) is 229 Å². The van der Waals surface area contributed by atoms with Gasteiger partial charge in [0.05, 0.1) is 0 Å². The minimum absolute atomic E-state index is 0. The van der Waals surface area contributed by atoms with E-state index in [0.29, 0.717) is 51.4 Å². The Morgan fingerprint density at radius 2 is 0.500 bits per heavy atom. The number of hydrogen-bond donors (Lipinski definition) is 0. The normalized spacial score (nSPS) is 8.53. The molecular formula is C24H36O12Zr2. The van der Waals surface area contributed by atoms with E-state index in [1.807, 2.05) is 27.7 Å². The Kier molecular flexibility index (Phi) is 45.8. The number of Topliss-reactive ketones (excluding diaryl/α,β-unsaturated/α-hetero) is 4. The van der Waals surface area contributed by atoms with E-state index in [0.717, 1.165) is 0 Å². The second kappa shape index (κ2) is 35.3. The molecule has 0 bridgehead atoms. The molecule has 0 fully saturated rings. The molecule has 0 aromatic rings. The van der Waals surface area contributed by atoms with Crippen LogP contribution >= 0.6 is 0 Å². The fourth-order valence-electron chi connectivity index (χ4n) is 2.11. The van der Waals surface area contributed by atoms with Crippen molar-refractivity contribution in [2.24, 2.45) is 0 Å². The number of rotatable bonds is 16. The monoisotopic (exact) mass is 696 g/mol. The molecule has 12 nitrogen and oxygen atoms in total. The smallest absolute Gasteiger partial charge is 0.550 e. The van der Waals surface area contributed by atoms with Crippen LogP contribution in [0.4, 0.5) is 0 Å². The Morgan fingerprint density at radius 3 is 0.579 bits per heavy atom. The van der Waals surface area contributed by atoms with Crippen LogP contribution in [-0.4, -0.2) is 47.0 Å². The number of carbonyl (C=O) groups excluding carboxylic acids is 8. The number of carbonyl (C=O) groups is 8. The number of hydrogen-bond acceptors (Lipinski definition) is 12. The van der Waals surface area contributed by atoms with Gasteiger partial charge in [-0.1, -0.05) is 27.7 Å². The van der Waals surface area contributed by atoms with Crippen molar-refractivity contribution in [1.82, 2.24) is 0 Å². The van der Waals surface area contributed by atoms with Gasteiger partial charge in [-0.15, -0.1) is 0 Å². The Bertz CT molecular complexity index is 601. The molecule has 14 heteroatoms. The first-order valence-corrected chi connectivity index (χ1v) is 11.5. The molecule has 0 aromatic heterocycles. The molecule has 0 heterocycles. The standard InChI is InChI=1S/4C6H10O3.2Zr/c4*1-2-3-5(7)4-6(8)9;;/h4*2-4H2,1H3,(H,8,9);;/q;;;;2*+2/p-4. The first-order valence-electron chi connectivity index (χ1n) is 11.5. The van der Waals surface area contributed by atoms with Crippen LogP contribution in [0.1, 0.15) is 105 Å². The van der Waals surface area contributed by atoms with Crippen LogP contribution < -0.4 is 20.4 Å². The van der Waals surface area contributed by atoms with Crippen LogP contribution in [0.3, 0.4) is 0 Å². The first-order chi connectivity index (χ1) is 16.7. The fourth-order valence-corrected chi connectivity index (χ4v) is 2.11. The van der Waals surface area contributed by atoms with Crippen LogP contribution in [0.5, 0.6) is 0 Å². The third kappa shape index (κ3) is 55.0. The zero-order valence-electron chi connectivity index (χ0n) is 22.4. The number of carboxylic acid groups (broad SMARTS) is 4. The molecule has 212 valence electrons. The van der Waals surface area contributed by atoms with Crippen molar-refractivity contribution in [3.05, 3.63) is 0 Å². The molecule has 38 heavy (non-hydrogen) atoms. The molecule has 0 radical (unpaired) electrons. The molecular weight excluding hydrogens is 663 g/mol. The van der Waals surface area contributed by atoms with Crippen molar-refractivity contribution < 1.29 is 111 Å². The van der Waals surface area contributed by atoms with Gasteiger partial charge in [0.25, 0.3) is 0 Å². The largest absolute Gasteiger partial charge is 2.00 e. The molecule has 0 aliphatic heterocycles. The second-order valence-corrected chi connectivity index (χ2v) is 7.35. The SMILES string of the molecule is CCCC(=O)CC(=O)[O-].CCCC(=O)CC(=O)[O-].CCCC(=O)CC(=O)[O-].CCCC(=O)CC(=O)[O-].[Zr+2].[Zr+2]. The summed E-state index contributed by atoms with van der Waals surface area (Å²) in [5.74, 6) is -6.14. The van der Waals surface area contributed by atoms with Crippen molar-refractivity contribution in [2.75, 3.05) is 0 Å². The summed E-state index contributed by atoms with van der Waals surface area (Å²) in [4.78, 5) is 80.7. The van der Waals surface area contributed by atoms with Gasteiger partial charge < -0.3 is 39.6 Å². The van der Waals surface area contributed by atoms with Gasteiger partial charge in [-0.3, -0.25) is 19.2 Å². The molecule has 0 aromatic carbocycles. The first kappa shape index (κ1) is 49.3. The Hall–Kier alpha value is -1.67. The molecule has 0 amide bonds. The van der Waals surface area contributed by atoms with Crippen molar-refractivity contribution in [1.29, 1.82) is 0 Å². The average Bonchev–Trinajstić information content (AvgIpc) is 2.68. The molecule has 0 atom stereocenters. The van der Waals surface area contributed by atoms with Gasteiger partial charge in [0.15, 0.2) is 0 Å². The van der Waals surface area contributed by atoms with E-state index in [-0.39, 0.29) is 75.5 Å². The second-order valence-electron chi connectivity index (χ2n) is 7.35. The van der Waals surface area contributed by atoms with E-state index in [4.69, 9.17) is 0 Å². The molecule has 0 saturated carbocycles. The number of ketones is 4. The molecule has 0 rings (SSSR count). The molecule has 0 spiro atoms. The Balaban J connectivity index is -0.0000000883. The van der Waals surface area contributed by atoms with Crippen LogP contribution in [-0.2, 0) is 90.8 Å². The minimum atomic E-state index is -1.28. The van der Waals surface area contributed by atoms with Crippen LogP contribution in [0.15, 0.2) is 0 Å². The van der Waals surface area contributed by atoms with Crippen molar-refractivity contribution in [2.45, 2.75) is 105 Å². The maximum Gasteiger partial charge on any atom is 2.00 e. The van der Waals surface area contributed by atoms with Gasteiger partial charge in [-0.25, -0.2) is 0 Å². The summed E-state index contributed by atoms with van der Waals surface area (Å²) in [5, 5.41) is 39.0. The molecule has 0 aliphatic carbocycles. The summed E-state index contributed by atoms with van der Waals surface area (Å²) in [5.41, 5.74) is 0. The predicted molar refractivity (Wildman–Crippen MR) is 118 cm³/mol. The number of aliphatic carboxylic acids is 4. The van der Waals surface area contributed by atoms with Crippen LogP contribution in [0, 0.1) is 0 Å². The summed E-state index contributed by atoms with van der Waals surface area (Å²) in [7, 11) is 0. The van der Waals surface area contributed by atoms with E-state index in [9.17, 15) is 58.8 Å². The van der Waals surface area contributed by atoms with E-state index in [2.05, 4.69) is 0 Å². The van der Waals surface area contributed by atoms with Gasteiger partial charge in [-0.05, 0) is 25.7 Å². The third-order valence-corrected chi connectivity index (χ3v) is 3.48. The maximum atomic E-state index is 10.4. The van der Waals surface area contributed by atoms with Crippen molar-refractivity contribution in [3.8, 4) is 0 Å². The van der Waals surface area contributed by atoms with E-state index in [1.165, 1.54) is 0 Å². The molecule has 0 aliphatic rings. The van der Waals surface area contributed by atoms with Crippen molar-refractivity contribution in [3.63, 3.8) is 0 Å². The summed E-state index contributed by atoms with van der Waals surface area (Å²) in [6.45, 7) is 7.31. The maximum absolute atomic E-state index is 10.4. The van der Waals surface area contributed by atoms with Gasteiger partial charge in [0.2, 0.25) is 0 Å². The zero-order chi connectivity index (χ0) is 29.1. The Morgan fingerprint density at radius 1 is 0.368 bits per heavy atom. The summed E-state index contributed by atoms with van der Waals surface area (Å²) in [6, 6.07) is 0. The quantitative estimate of drug-likeness (QED) is 0.159. The van der Waals surface area contributed by atoms with Crippen molar-refractivity contribution >= 4 is 47.0 Å². The fraction of sp³-hybridized carbons (Fsp3) is 0.667. The van der Waals surface area contributed by atoms with Gasteiger partial charge in [0, 0.05) is 75.2 Å². The summed E-state index contributed by atoms with van der Waals surface area (Å²) in [6.07, 6.45) is 2.42. The zero-order valence-corrected chi connectivity index (χ0v) is 27.3. The van der Waals surface area contributed by atoms with E-state index < -0.39 is 49.6 Å². The van der Waals surface area contributed by atoms with Crippen LogP contribution in [0.25, 0.3) is 0 Å². The van der Waals surface area contributed by atoms with E-state index >= 15 is 0 Å². The molecule has 0 unspecified atom stereocenters. The van der Waals surface area contributed by atoms with Gasteiger partial charge in [0.1, 0.15) is 23.1 Å². The molecule has 0 N–H and O–H groups in total. The summed E-state index contributed by atoms with van der Waals surface area (Å²) >= 11 is 0. The number of carboxylic acids is 4. The van der Waals surface area contributed by atoms with Crippen LogP contribution in [0.2, 0.25) is 0 Å². The predicted octanol–water partition coefficient (Wildman–Crippen LogP) is -2.02. The molecule has 0 saturated heterocycles. The summed E-state index contributed by atoms with van der Waals surface area (Å²) < 4.78 is 0.